The van der Waals surface area contributed by atoms with Gasteiger partial charge in [-0.05, 0) is 75.6 Å². The summed E-state index contributed by atoms with van der Waals surface area (Å²) in [5.41, 5.74) is 1.22. The first kappa shape index (κ1) is 18.1. The summed E-state index contributed by atoms with van der Waals surface area (Å²) in [7, 11) is 0. The van der Waals surface area contributed by atoms with Gasteiger partial charge in [0.15, 0.2) is 0 Å². The summed E-state index contributed by atoms with van der Waals surface area (Å²) in [6.45, 7) is 6.59. The van der Waals surface area contributed by atoms with Gasteiger partial charge in [-0.2, -0.15) is 0 Å². The number of thiophene rings is 1. The van der Waals surface area contributed by atoms with E-state index in [4.69, 9.17) is 4.74 Å². The van der Waals surface area contributed by atoms with Gasteiger partial charge in [0.1, 0.15) is 5.60 Å². The molecule has 3 fully saturated rings. The molecule has 148 valence electrons. The van der Waals surface area contributed by atoms with Gasteiger partial charge in [-0.15, -0.1) is 11.3 Å². The Morgan fingerprint density at radius 2 is 2.19 bits per heavy atom. The lowest BCUT2D eigenvalue weighted by Gasteiger charge is -2.44. The van der Waals surface area contributed by atoms with Crippen molar-refractivity contribution in [1.29, 1.82) is 0 Å². The molecule has 5 nitrogen and oxygen atoms in total. The van der Waals surface area contributed by atoms with Crippen LogP contribution in [0.4, 0.5) is 0 Å². The second-order valence-electron chi connectivity index (χ2n) is 8.82. The number of carbonyl (C=O) groups excluding carboxylic acids is 1. The molecule has 1 unspecified atom stereocenters. The first-order valence-electron chi connectivity index (χ1n) is 10.7. The monoisotopic (exact) mass is 389 g/mol. The molecule has 1 spiro atoms. The summed E-state index contributed by atoms with van der Waals surface area (Å²) in [5.74, 6) is 0.921. The Kier molecular flexibility index (Phi) is 5.01. The quantitative estimate of drug-likeness (QED) is 0.831. The second-order valence-corrected chi connectivity index (χ2v) is 9.87. The highest BCUT2D eigenvalue weighted by Gasteiger charge is 2.43. The van der Waals surface area contributed by atoms with Gasteiger partial charge in [0.25, 0.3) is 5.91 Å². The molecular weight excluding hydrogens is 358 g/mol. The fourth-order valence-corrected chi connectivity index (χ4v) is 6.25. The number of piperidine rings is 2. The third-order valence-electron chi connectivity index (χ3n) is 6.69. The highest BCUT2D eigenvalue weighted by atomic mass is 32.1. The highest BCUT2D eigenvalue weighted by molar-refractivity contribution is 7.14. The van der Waals surface area contributed by atoms with Crippen LogP contribution in [0.5, 0.6) is 0 Å². The van der Waals surface area contributed by atoms with Crippen LogP contribution in [-0.4, -0.2) is 56.2 Å². The van der Waals surface area contributed by atoms with E-state index in [1.165, 1.54) is 42.9 Å². The fourth-order valence-electron chi connectivity index (χ4n) is 4.93. The lowest BCUT2D eigenvalue weighted by molar-refractivity contribution is -0.0965. The maximum atomic E-state index is 12.5. The summed E-state index contributed by atoms with van der Waals surface area (Å²) in [6, 6.07) is 2.56. The van der Waals surface area contributed by atoms with E-state index in [2.05, 4.69) is 21.6 Å². The van der Waals surface area contributed by atoms with Gasteiger partial charge in [-0.3, -0.25) is 4.79 Å². The Bertz CT molecular complexity index is 686. The number of nitrogens with zero attached hydrogens (tertiary/aromatic N) is 1. The molecule has 4 aliphatic rings. The van der Waals surface area contributed by atoms with Crippen LogP contribution >= 0.6 is 11.3 Å². The van der Waals surface area contributed by atoms with Gasteiger partial charge in [-0.25, -0.2) is 0 Å². The van der Waals surface area contributed by atoms with Gasteiger partial charge >= 0.3 is 0 Å². The lowest BCUT2D eigenvalue weighted by Crippen LogP contribution is -2.48. The van der Waals surface area contributed by atoms with Gasteiger partial charge in [-0.1, -0.05) is 0 Å². The van der Waals surface area contributed by atoms with Crippen LogP contribution < -0.4 is 10.6 Å². The maximum Gasteiger partial charge on any atom is 0.261 e. The molecule has 27 heavy (non-hydrogen) atoms. The zero-order valence-corrected chi connectivity index (χ0v) is 16.9. The molecule has 4 heterocycles. The average molecular weight is 390 g/mol. The normalized spacial score (nSPS) is 28.1. The number of ether oxygens (including phenoxy) is 1. The lowest BCUT2D eigenvalue weighted by atomic mass is 9.84. The minimum atomic E-state index is -0.141. The first-order valence-corrected chi connectivity index (χ1v) is 11.5. The maximum absolute atomic E-state index is 12.5. The van der Waals surface area contributed by atoms with E-state index in [0.29, 0.717) is 6.04 Å². The zero-order valence-electron chi connectivity index (χ0n) is 16.1. The molecule has 6 heteroatoms. The van der Waals surface area contributed by atoms with Crippen molar-refractivity contribution in [2.75, 3.05) is 39.3 Å². The molecule has 1 saturated carbocycles. The Balaban J connectivity index is 1.26. The van der Waals surface area contributed by atoms with Crippen molar-refractivity contribution in [3.8, 4) is 0 Å². The predicted molar refractivity (Wildman–Crippen MR) is 107 cm³/mol. The SMILES string of the molecule is O=C(NC1CC1)c1cc2c(s1)C1(CCN(CC3CCCNC3)CC1)OCC2. The van der Waals surface area contributed by atoms with E-state index in [9.17, 15) is 4.79 Å². The summed E-state index contributed by atoms with van der Waals surface area (Å²) >= 11 is 1.69. The minimum Gasteiger partial charge on any atom is -0.369 e. The van der Waals surface area contributed by atoms with Crippen LogP contribution in [-0.2, 0) is 16.8 Å². The molecule has 1 aromatic rings. The predicted octanol–water partition coefficient (Wildman–Crippen LogP) is 2.50. The third-order valence-corrected chi connectivity index (χ3v) is 8.05. The molecule has 3 aliphatic heterocycles. The van der Waals surface area contributed by atoms with E-state index in [-0.39, 0.29) is 11.5 Å². The van der Waals surface area contributed by atoms with E-state index >= 15 is 0 Å². The number of hydrogen-bond acceptors (Lipinski definition) is 5. The summed E-state index contributed by atoms with van der Waals surface area (Å²) < 4.78 is 6.40. The number of carbonyl (C=O) groups is 1. The van der Waals surface area contributed by atoms with Crippen LogP contribution in [0, 0.1) is 5.92 Å². The molecule has 2 N–H and O–H groups in total. The minimum absolute atomic E-state index is 0.120. The fraction of sp³-hybridized carbons (Fsp3) is 0.762. The summed E-state index contributed by atoms with van der Waals surface area (Å²) in [6.07, 6.45) is 8.01. The van der Waals surface area contributed by atoms with Crippen LogP contribution in [0.1, 0.15) is 58.6 Å². The van der Waals surface area contributed by atoms with Crippen molar-refractivity contribution in [3.05, 3.63) is 21.4 Å². The van der Waals surface area contributed by atoms with E-state index in [1.54, 1.807) is 11.3 Å². The average Bonchev–Trinajstić information content (AvgIpc) is 3.39. The van der Waals surface area contributed by atoms with E-state index < -0.39 is 0 Å². The Morgan fingerprint density at radius 1 is 1.33 bits per heavy atom. The molecule has 1 atom stereocenters. The topological polar surface area (TPSA) is 53.6 Å². The van der Waals surface area contributed by atoms with Gasteiger partial charge in [0, 0.05) is 30.6 Å². The third kappa shape index (κ3) is 3.82. The van der Waals surface area contributed by atoms with Gasteiger partial charge in [0.05, 0.1) is 11.5 Å². The van der Waals surface area contributed by atoms with E-state index in [0.717, 1.165) is 62.6 Å². The van der Waals surface area contributed by atoms with Crippen molar-refractivity contribution >= 4 is 17.2 Å². The number of likely N-dealkylation sites (tertiary alicyclic amines) is 1. The smallest absolute Gasteiger partial charge is 0.261 e. The number of nitrogens with one attached hydrogen (secondary N) is 2. The Hall–Kier alpha value is -0.950. The molecule has 0 radical (unpaired) electrons. The zero-order chi connectivity index (χ0) is 18.3. The van der Waals surface area contributed by atoms with Crippen molar-refractivity contribution in [1.82, 2.24) is 15.5 Å². The van der Waals surface area contributed by atoms with Gasteiger partial charge in [0.2, 0.25) is 0 Å². The number of amides is 1. The summed E-state index contributed by atoms with van der Waals surface area (Å²) in [4.78, 5) is 17.4. The molecule has 0 bridgehead atoms. The number of fused-ring (bicyclic) bond motifs is 2. The van der Waals surface area contributed by atoms with Crippen LogP contribution in [0.25, 0.3) is 0 Å². The first-order chi connectivity index (χ1) is 13.2. The molecule has 1 amide bonds. The number of rotatable bonds is 4. The van der Waals surface area contributed by atoms with E-state index in [1.807, 2.05) is 0 Å². The Labute approximate surface area is 165 Å². The second kappa shape index (κ2) is 7.47. The Morgan fingerprint density at radius 3 is 2.93 bits per heavy atom. The van der Waals surface area contributed by atoms with Crippen molar-refractivity contribution in [2.45, 2.75) is 56.6 Å². The number of hydrogen-bond donors (Lipinski definition) is 2. The van der Waals surface area contributed by atoms with Crippen LogP contribution in [0.15, 0.2) is 6.07 Å². The van der Waals surface area contributed by atoms with Crippen molar-refractivity contribution in [2.24, 2.45) is 5.92 Å². The molecule has 0 aromatic carbocycles. The molecule has 2 saturated heterocycles. The standard InChI is InChI=1S/C21H31N3O2S/c25-20(23-17-3-4-17)18-12-16-5-11-26-21(19(16)27-18)6-9-24(10-7-21)14-15-2-1-8-22-13-15/h12,15,17,22H,1-11,13-14H2,(H,23,25). The molecular formula is C21H31N3O2S. The highest BCUT2D eigenvalue weighted by Crippen LogP contribution is 2.45. The van der Waals surface area contributed by atoms with Gasteiger partial charge < -0.3 is 20.3 Å². The molecule has 5 rings (SSSR count). The molecule has 1 aliphatic carbocycles. The van der Waals surface area contributed by atoms with Crippen LogP contribution in [0.3, 0.4) is 0 Å². The largest absolute Gasteiger partial charge is 0.369 e. The van der Waals surface area contributed by atoms with Crippen LogP contribution in [0.2, 0.25) is 0 Å². The molecule has 1 aromatic heterocycles. The van der Waals surface area contributed by atoms with Crippen molar-refractivity contribution in [3.63, 3.8) is 0 Å². The summed E-state index contributed by atoms with van der Waals surface area (Å²) in [5, 5.41) is 6.68. The van der Waals surface area contributed by atoms with Crippen molar-refractivity contribution < 1.29 is 9.53 Å².